The first-order chi connectivity index (χ1) is 13.6. The van der Waals surface area contributed by atoms with Crippen molar-refractivity contribution in [3.8, 4) is 0 Å². The van der Waals surface area contributed by atoms with Crippen LogP contribution in [-0.4, -0.2) is 58.3 Å². The van der Waals surface area contributed by atoms with Crippen LogP contribution in [0.3, 0.4) is 0 Å². The van der Waals surface area contributed by atoms with Crippen LogP contribution in [0.5, 0.6) is 0 Å². The highest BCUT2D eigenvalue weighted by Crippen LogP contribution is 2.41. The second-order valence-electron chi connectivity index (χ2n) is 8.59. The summed E-state index contributed by atoms with van der Waals surface area (Å²) in [6, 6.07) is 14.3. The van der Waals surface area contributed by atoms with Gasteiger partial charge in [-0.2, -0.15) is 5.10 Å². The molecule has 0 aliphatic carbocycles. The number of para-hydroxylation sites is 1. The molecular formula is C22H27N5O. The summed E-state index contributed by atoms with van der Waals surface area (Å²) in [5.74, 6) is 0.906. The monoisotopic (exact) mass is 377 g/mol. The van der Waals surface area contributed by atoms with Crippen LogP contribution in [0.25, 0.3) is 10.9 Å². The highest BCUT2D eigenvalue weighted by molar-refractivity contribution is 5.81. The fourth-order valence-electron chi connectivity index (χ4n) is 5.23. The third kappa shape index (κ3) is 2.97. The van der Waals surface area contributed by atoms with Gasteiger partial charge < -0.3 is 9.47 Å². The van der Waals surface area contributed by atoms with Crippen LogP contribution in [-0.2, 0) is 6.54 Å². The molecule has 0 unspecified atom stereocenters. The summed E-state index contributed by atoms with van der Waals surface area (Å²) in [5.41, 5.74) is 3.56. The molecular weight excluding hydrogens is 350 g/mol. The van der Waals surface area contributed by atoms with E-state index in [1.807, 2.05) is 12.1 Å². The molecule has 5 rings (SSSR count). The molecule has 146 valence electrons. The summed E-state index contributed by atoms with van der Waals surface area (Å²) in [6.45, 7) is 3.78. The molecule has 3 atom stereocenters. The highest BCUT2D eigenvalue weighted by Gasteiger charge is 2.40. The van der Waals surface area contributed by atoms with Gasteiger partial charge in [0.15, 0.2) is 0 Å². The number of pyridine rings is 1. The van der Waals surface area contributed by atoms with E-state index in [0.29, 0.717) is 11.8 Å². The SMILES string of the molecule is CN(C)C[C@H]1[C@H]2C[C@H](CN(Cc3[nH]nc4ccccc34)C2)c2cccc(=O)n21. The second-order valence-corrected chi connectivity index (χ2v) is 8.59. The number of hydrogen-bond acceptors (Lipinski definition) is 4. The molecule has 4 heterocycles. The van der Waals surface area contributed by atoms with Crippen LogP contribution < -0.4 is 5.56 Å². The molecule has 0 radical (unpaired) electrons. The van der Waals surface area contributed by atoms with Crippen molar-refractivity contribution >= 4 is 10.9 Å². The molecule has 0 spiro atoms. The number of H-pyrrole nitrogens is 1. The van der Waals surface area contributed by atoms with Crippen LogP contribution in [0.1, 0.15) is 29.8 Å². The maximum atomic E-state index is 12.7. The average Bonchev–Trinajstić information content (AvgIpc) is 3.08. The minimum absolute atomic E-state index is 0.145. The lowest BCUT2D eigenvalue weighted by Crippen LogP contribution is -2.51. The van der Waals surface area contributed by atoms with E-state index in [0.717, 1.165) is 31.7 Å². The summed E-state index contributed by atoms with van der Waals surface area (Å²) in [4.78, 5) is 17.4. The summed E-state index contributed by atoms with van der Waals surface area (Å²) in [5, 5.41) is 8.91. The standard InChI is InChI=1S/C22H27N5O/c1-25(2)14-21-16-10-15(20-8-5-9-22(28)27(20)21)11-26(12-16)13-19-17-6-3-4-7-18(17)23-24-19/h3-9,15-16,21H,10-14H2,1-2H3,(H,23,24)/t15-,16+,21+/m1/s1. The molecule has 2 aromatic heterocycles. The number of rotatable bonds is 4. The Kier molecular flexibility index (Phi) is 4.33. The number of likely N-dealkylation sites (N-methyl/N-ethyl adjacent to an activating group) is 1. The number of aromatic nitrogens is 3. The lowest BCUT2D eigenvalue weighted by Gasteiger charge is -2.47. The minimum atomic E-state index is 0.145. The number of nitrogens with one attached hydrogen (secondary N) is 1. The molecule has 3 aromatic rings. The number of hydrogen-bond donors (Lipinski definition) is 1. The Labute approximate surface area is 164 Å². The van der Waals surface area contributed by atoms with Gasteiger partial charge in [-0.15, -0.1) is 0 Å². The Morgan fingerprint density at radius 2 is 2.00 bits per heavy atom. The Hall–Kier alpha value is -2.44. The van der Waals surface area contributed by atoms with Gasteiger partial charge in [0.05, 0.1) is 17.3 Å². The molecule has 6 nitrogen and oxygen atoms in total. The lowest BCUT2D eigenvalue weighted by molar-refractivity contribution is 0.0738. The van der Waals surface area contributed by atoms with Gasteiger partial charge in [-0.05, 0) is 38.6 Å². The van der Waals surface area contributed by atoms with Crippen molar-refractivity contribution in [3.63, 3.8) is 0 Å². The Balaban J connectivity index is 1.47. The number of benzene rings is 1. The van der Waals surface area contributed by atoms with Crippen molar-refractivity contribution in [2.75, 3.05) is 33.7 Å². The van der Waals surface area contributed by atoms with Gasteiger partial charge in [0, 0.05) is 49.2 Å². The topological polar surface area (TPSA) is 57.2 Å². The number of piperidine rings is 1. The molecule has 2 bridgehead atoms. The van der Waals surface area contributed by atoms with Crippen LogP contribution >= 0.6 is 0 Å². The number of fused-ring (bicyclic) bond motifs is 5. The van der Waals surface area contributed by atoms with Gasteiger partial charge in [0.25, 0.3) is 5.56 Å². The lowest BCUT2D eigenvalue weighted by atomic mass is 9.78. The summed E-state index contributed by atoms with van der Waals surface area (Å²) < 4.78 is 2.09. The Bertz CT molecular complexity index is 1050. The van der Waals surface area contributed by atoms with Crippen molar-refractivity contribution in [1.82, 2.24) is 24.6 Å². The van der Waals surface area contributed by atoms with Crippen LogP contribution in [0, 0.1) is 5.92 Å². The molecule has 1 aromatic carbocycles. The minimum Gasteiger partial charge on any atom is -0.308 e. The van der Waals surface area contributed by atoms with Gasteiger partial charge in [-0.25, -0.2) is 0 Å². The zero-order valence-electron chi connectivity index (χ0n) is 16.5. The normalized spacial score (nSPS) is 24.6. The fraction of sp³-hybridized carbons (Fsp3) is 0.455. The third-order valence-electron chi connectivity index (χ3n) is 6.35. The largest absolute Gasteiger partial charge is 0.308 e. The predicted octanol–water partition coefficient (Wildman–Crippen LogP) is 2.45. The van der Waals surface area contributed by atoms with Crippen molar-refractivity contribution in [1.29, 1.82) is 0 Å². The van der Waals surface area contributed by atoms with E-state index in [2.05, 4.69) is 62.9 Å². The smallest absolute Gasteiger partial charge is 0.251 e. The fourth-order valence-corrected chi connectivity index (χ4v) is 5.23. The number of aromatic amines is 1. The zero-order valence-corrected chi connectivity index (χ0v) is 16.5. The van der Waals surface area contributed by atoms with E-state index in [1.54, 1.807) is 6.07 Å². The first-order valence-corrected chi connectivity index (χ1v) is 10.1. The van der Waals surface area contributed by atoms with Crippen molar-refractivity contribution in [2.24, 2.45) is 5.92 Å². The van der Waals surface area contributed by atoms with Gasteiger partial charge in [-0.1, -0.05) is 24.3 Å². The zero-order chi connectivity index (χ0) is 19.3. The predicted molar refractivity (Wildman–Crippen MR) is 111 cm³/mol. The molecule has 28 heavy (non-hydrogen) atoms. The van der Waals surface area contributed by atoms with E-state index in [9.17, 15) is 4.79 Å². The average molecular weight is 377 g/mol. The molecule has 1 saturated heterocycles. The van der Waals surface area contributed by atoms with E-state index < -0.39 is 0 Å². The van der Waals surface area contributed by atoms with Gasteiger partial charge in [-0.3, -0.25) is 14.8 Å². The van der Waals surface area contributed by atoms with Crippen LogP contribution in [0.2, 0.25) is 0 Å². The summed E-state index contributed by atoms with van der Waals surface area (Å²) >= 11 is 0. The maximum Gasteiger partial charge on any atom is 0.251 e. The quantitative estimate of drug-likeness (QED) is 0.759. The molecule has 1 fully saturated rings. The molecule has 0 amide bonds. The highest BCUT2D eigenvalue weighted by atomic mass is 16.1. The molecule has 6 heteroatoms. The second kappa shape index (κ2) is 6.87. The number of likely N-dealkylation sites (tertiary alicyclic amines) is 1. The molecule has 0 saturated carbocycles. The van der Waals surface area contributed by atoms with Crippen molar-refractivity contribution < 1.29 is 0 Å². The molecule has 2 aliphatic heterocycles. The Morgan fingerprint density at radius 1 is 1.14 bits per heavy atom. The van der Waals surface area contributed by atoms with Crippen LogP contribution in [0.4, 0.5) is 0 Å². The molecule has 2 aliphatic rings. The first kappa shape index (κ1) is 17.6. The van der Waals surface area contributed by atoms with Crippen LogP contribution in [0.15, 0.2) is 47.3 Å². The maximum absolute atomic E-state index is 12.7. The summed E-state index contributed by atoms with van der Waals surface area (Å²) in [6.07, 6.45) is 1.17. The van der Waals surface area contributed by atoms with E-state index in [1.165, 1.54) is 23.2 Å². The van der Waals surface area contributed by atoms with Gasteiger partial charge >= 0.3 is 0 Å². The van der Waals surface area contributed by atoms with Gasteiger partial charge in [0.1, 0.15) is 0 Å². The van der Waals surface area contributed by atoms with Gasteiger partial charge in [0.2, 0.25) is 0 Å². The van der Waals surface area contributed by atoms with E-state index in [4.69, 9.17) is 0 Å². The summed E-state index contributed by atoms with van der Waals surface area (Å²) in [7, 11) is 4.19. The first-order valence-electron chi connectivity index (χ1n) is 10.1. The van der Waals surface area contributed by atoms with Crippen molar-refractivity contribution in [2.45, 2.75) is 24.9 Å². The third-order valence-corrected chi connectivity index (χ3v) is 6.35. The number of nitrogens with zero attached hydrogens (tertiary/aromatic N) is 4. The van der Waals surface area contributed by atoms with Crippen molar-refractivity contribution in [3.05, 3.63) is 64.2 Å². The van der Waals surface area contributed by atoms with E-state index >= 15 is 0 Å². The Morgan fingerprint density at radius 3 is 2.86 bits per heavy atom. The molecule has 1 N–H and O–H groups in total. The van der Waals surface area contributed by atoms with E-state index in [-0.39, 0.29) is 11.6 Å².